The van der Waals surface area contributed by atoms with Gasteiger partial charge in [0.1, 0.15) is 22.9 Å². The smallest absolute Gasteiger partial charge is 0.313 e. The van der Waals surface area contributed by atoms with Crippen LogP contribution in [0.1, 0.15) is 101 Å². The van der Waals surface area contributed by atoms with Gasteiger partial charge in [0.15, 0.2) is 12.4 Å². The molecule has 0 saturated heterocycles. The van der Waals surface area contributed by atoms with Crippen molar-refractivity contribution in [3.8, 4) is 56.0 Å². The van der Waals surface area contributed by atoms with E-state index in [-0.39, 0.29) is 11.8 Å². The zero-order valence-electron chi connectivity index (χ0n) is 35.2. The Bertz CT molecular complexity index is 3790. The molecular weight excluding hydrogens is 805 g/mol. The molecule has 6 aliphatic carbocycles. The van der Waals surface area contributed by atoms with Gasteiger partial charge in [0.2, 0.25) is 0 Å². The van der Waals surface area contributed by atoms with E-state index in [4.69, 9.17) is 14.7 Å². The van der Waals surface area contributed by atoms with Crippen LogP contribution in [0.4, 0.5) is 0 Å². The van der Waals surface area contributed by atoms with Gasteiger partial charge in [-0.3, -0.25) is 0 Å². The molecule has 10 aromatic rings. The van der Waals surface area contributed by atoms with E-state index >= 15 is 0 Å². The summed E-state index contributed by atoms with van der Waals surface area (Å²) in [7, 11) is 0. The Balaban J connectivity index is 1.05. The number of benzene rings is 8. The average molecular weight is 837 g/mol. The SMILES string of the molecule is c1ccc2c(c1)-c1ccccc1C21c2cccc3c2C2c4c1ccc1c4C4(c5c(ccc6c5C5c7c(cccc7C67c6ccccc6-c6ccccc67)-c6cnc[n+]4c65)O1)[n+]1cncc-3c12. The molecule has 0 bridgehead atoms. The maximum atomic E-state index is 7.56. The van der Waals surface area contributed by atoms with Gasteiger partial charge >= 0.3 is 5.66 Å². The number of fused-ring (bicyclic) bond motifs is 16. The first-order valence-electron chi connectivity index (χ1n) is 23.3. The first-order valence-corrected chi connectivity index (χ1v) is 23.3. The molecule has 5 nitrogen and oxygen atoms in total. The highest BCUT2D eigenvalue weighted by Gasteiger charge is 2.71. The van der Waals surface area contributed by atoms with E-state index in [1.165, 1.54) is 134 Å². The number of hydrogen-bond donors (Lipinski definition) is 0. The molecule has 66 heavy (non-hydrogen) atoms. The van der Waals surface area contributed by atoms with Gasteiger partial charge in [-0.05, 0) is 112 Å². The number of rotatable bonds is 0. The third kappa shape index (κ3) is 2.86. The highest BCUT2D eigenvalue weighted by atomic mass is 16.5. The second-order valence-electron chi connectivity index (χ2n) is 19.8. The lowest BCUT2D eigenvalue weighted by atomic mass is 9.54. The number of ether oxygens (including phenoxy) is 1. The topological polar surface area (TPSA) is 42.8 Å². The lowest BCUT2D eigenvalue weighted by Crippen LogP contribution is -2.81. The second-order valence-corrected chi connectivity index (χ2v) is 19.8. The molecular formula is C61H32N4O+2. The summed E-state index contributed by atoms with van der Waals surface area (Å²) in [6.07, 6.45) is 8.56. The van der Waals surface area contributed by atoms with E-state index in [1.807, 2.05) is 0 Å². The molecule has 0 saturated carbocycles. The summed E-state index contributed by atoms with van der Waals surface area (Å²) in [6.45, 7) is 0. The van der Waals surface area contributed by atoms with Gasteiger partial charge in [-0.15, -0.1) is 0 Å². The quantitative estimate of drug-likeness (QED) is 0.143. The monoisotopic (exact) mass is 836 g/mol. The summed E-state index contributed by atoms with van der Waals surface area (Å²) in [5, 5.41) is 0. The van der Waals surface area contributed by atoms with Crippen LogP contribution in [0.15, 0.2) is 183 Å². The van der Waals surface area contributed by atoms with E-state index in [2.05, 4.69) is 192 Å². The molecule has 3 aliphatic heterocycles. The fraction of sp³-hybridized carbons (Fsp3) is 0.0820. The molecule has 19 rings (SSSR count). The summed E-state index contributed by atoms with van der Waals surface area (Å²) in [4.78, 5) is 10.5. The Morgan fingerprint density at radius 3 is 1.14 bits per heavy atom. The largest absolute Gasteiger partial charge is 0.456 e. The van der Waals surface area contributed by atoms with Gasteiger partial charge in [-0.1, -0.05) is 156 Å². The molecule has 300 valence electrons. The van der Waals surface area contributed by atoms with E-state index in [1.54, 1.807) is 0 Å². The minimum absolute atomic E-state index is 0.0215. The summed E-state index contributed by atoms with van der Waals surface area (Å²) in [5.41, 5.74) is 29.4. The fourth-order valence-corrected chi connectivity index (χ4v) is 16.2. The van der Waals surface area contributed by atoms with Crippen LogP contribution in [0, 0.1) is 0 Å². The predicted octanol–water partition coefficient (Wildman–Crippen LogP) is 10.8. The molecule has 0 N–H and O–H groups in total. The van der Waals surface area contributed by atoms with E-state index in [0.717, 1.165) is 11.5 Å². The van der Waals surface area contributed by atoms with Crippen LogP contribution in [0.25, 0.3) is 44.5 Å². The van der Waals surface area contributed by atoms with Crippen molar-refractivity contribution in [2.24, 2.45) is 0 Å². The molecule has 0 radical (unpaired) electrons. The molecule has 9 aliphatic rings. The number of aromatic nitrogens is 4. The van der Waals surface area contributed by atoms with Crippen LogP contribution in [0.2, 0.25) is 0 Å². The van der Waals surface area contributed by atoms with Crippen molar-refractivity contribution in [1.29, 1.82) is 0 Å². The van der Waals surface area contributed by atoms with Crippen LogP contribution in [-0.4, -0.2) is 9.97 Å². The van der Waals surface area contributed by atoms with Crippen molar-refractivity contribution in [3.63, 3.8) is 0 Å². The summed E-state index contributed by atoms with van der Waals surface area (Å²) >= 11 is 0. The summed E-state index contributed by atoms with van der Waals surface area (Å²) in [5.74, 6) is 1.75. The normalized spacial score (nSPS) is 20.8. The van der Waals surface area contributed by atoms with E-state index in [9.17, 15) is 0 Å². The van der Waals surface area contributed by atoms with E-state index in [0.29, 0.717) is 0 Å². The molecule has 0 fully saturated rings. The first-order chi connectivity index (χ1) is 32.8. The third-order valence-electron chi connectivity index (χ3n) is 17.9. The molecule has 3 spiro atoms. The van der Waals surface area contributed by atoms with Crippen molar-refractivity contribution in [2.45, 2.75) is 28.3 Å². The van der Waals surface area contributed by atoms with Gasteiger partial charge in [0.25, 0.3) is 12.7 Å². The second kappa shape index (κ2) is 10.00. The average Bonchev–Trinajstić information content (AvgIpc) is 4.09. The van der Waals surface area contributed by atoms with Crippen molar-refractivity contribution < 1.29 is 13.9 Å². The van der Waals surface area contributed by atoms with Gasteiger partial charge in [0, 0.05) is 0 Å². The van der Waals surface area contributed by atoms with Crippen LogP contribution in [0.3, 0.4) is 0 Å². The summed E-state index contributed by atoms with van der Waals surface area (Å²) < 4.78 is 12.7. The Hall–Kier alpha value is -8.28. The molecule has 2 aromatic heterocycles. The Morgan fingerprint density at radius 1 is 0.348 bits per heavy atom. The zero-order chi connectivity index (χ0) is 42.2. The molecule has 0 amide bonds. The Morgan fingerprint density at radius 2 is 0.712 bits per heavy atom. The van der Waals surface area contributed by atoms with Crippen LogP contribution >= 0.6 is 0 Å². The fourth-order valence-electron chi connectivity index (χ4n) is 16.2. The maximum absolute atomic E-state index is 7.56. The highest BCUT2D eigenvalue weighted by Crippen LogP contribution is 2.72. The lowest BCUT2D eigenvalue weighted by Gasteiger charge is -2.52. The molecule has 8 aromatic carbocycles. The van der Waals surface area contributed by atoms with Crippen LogP contribution in [-0.2, 0) is 16.5 Å². The minimum Gasteiger partial charge on any atom is -0.456 e. The lowest BCUT2D eigenvalue weighted by molar-refractivity contribution is -0.981. The summed E-state index contributed by atoms with van der Waals surface area (Å²) in [6, 6.07) is 60.3. The van der Waals surface area contributed by atoms with Crippen molar-refractivity contribution in [2.75, 3.05) is 0 Å². The number of nitrogens with zero attached hydrogens (tertiary/aromatic N) is 4. The van der Waals surface area contributed by atoms with Gasteiger partial charge < -0.3 is 4.74 Å². The van der Waals surface area contributed by atoms with Crippen LogP contribution in [0.5, 0.6) is 11.5 Å². The van der Waals surface area contributed by atoms with Crippen LogP contribution < -0.4 is 13.9 Å². The van der Waals surface area contributed by atoms with Gasteiger partial charge in [-0.25, -0.2) is 0 Å². The highest BCUT2D eigenvalue weighted by molar-refractivity contribution is 5.96. The van der Waals surface area contributed by atoms with E-state index < -0.39 is 16.5 Å². The molecule has 5 heterocycles. The minimum atomic E-state index is -0.931. The van der Waals surface area contributed by atoms with Crippen molar-refractivity contribution in [1.82, 2.24) is 9.97 Å². The van der Waals surface area contributed by atoms with Gasteiger partial charge in [-0.2, -0.15) is 9.13 Å². The Kier molecular flexibility index (Phi) is 4.91. The maximum Gasteiger partial charge on any atom is 0.313 e. The first kappa shape index (κ1) is 32.4. The Labute approximate surface area is 378 Å². The van der Waals surface area contributed by atoms with Crippen molar-refractivity contribution >= 4 is 0 Å². The molecule has 2 atom stereocenters. The predicted molar refractivity (Wildman–Crippen MR) is 248 cm³/mol. The number of hydrogen-bond acceptors (Lipinski definition) is 3. The molecule has 5 heteroatoms. The standard InChI is InChI=1S/C61H32N4O/c1-5-17-39-31(11-1)32-12-2-6-18-40(32)59(39)43-21-9-15-35-37-27-62-29-64-57(37)53(49(35)43)51-45(59)23-25-47-55(51)61(64)56-48(66-47)26-24-46-52(56)54-50-36(38-28-63-30-65(61)58(38)54)16-10-22-44(50)60(46)41-19-7-3-13-33(41)34-14-4-8-20-42(34)60/h1-30,53-54H/q+2. The van der Waals surface area contributed by atoms with Gasteiger partial charge in [0.05, 0.1) is 44.9 Å². The van der Waals surface area contributed by atoms with Crippen molar-refractivity contribution in [3.05, 3.63) is 272 Å². The molecule has 2 unspecified atom stereocenters. The zero-order valence-corrected chi connectivity index (χ0v) is 35.2. The third-order valence-corrected chi connectivity index (χ3v) is 17.9.